The fraction of sp³-hybridized carbons (Fsp3) is 0.300. The topological polar surface area (TPSA) is 92.7 Å². The lowest BCUT2D eigenvalue weighted by Crippen LogP contribution is -2.35. The second-order valence-corrected chi connectivity index (χ2v) is 7.15. The molecule has 4 rings (SSSR count). The van der Waals surface area contributed by atoms with Gasteiger partial charge >= 0.3 is 0 Å². The van der Waals surface area contributed by atoms with E-state index in [0.29, 0.717) is 0 Å². The molecule has 27 heavy (non-hydrogen) atoms. The maximum Gasteiger partial charge on any atom is 0.274 e. The Labute approximate surface area is 156 Å². The zero-order valence-corrected chi connectivity index (χ0v) is 15.5. The SMILES string of the molecule is Cc1cc(C)nc(-n2[nH]c(C(=O)NC3(c4ccccc4C)CC3)cc2=O)n1. The van der Waals surface area contributed by atoms with Gasteiger partial charge in [0.05, 0.1) is 5.54 Å². The van der Waals surface area contributed by atoms with Crippen molar-refractivity contribution in [2.75, 3.05) is 0 Å². The predicted octanol–water partition coefficient (Wildman–Crippen LogP) is 2.30. The van der Waals surface area contributed by atoms with Gasteiger partial charge in [0.2, 0.25) is 0 Å². The van der Waals surface area contributed by atoms with E-state index in [1.807, 2.05) is 51.1 Å². The third kappa shape index (κ3) is 3.16. The normalized spacial score (nSPS) is 14.8. The number of benzene rings is 1. The average molecular weight is 363 g/mol. The monoisotopic (exact) mass is 363 g/mol. The third-order valence-electron chi connectivity index (χ3n) is 4.90. The van der Waals surface area contributed by atoms with Crippen molar-refractivity contribution in [2.45, 2.75) is 39.2 Å². The maximum absolute atomic E-state index is 12.8. The summed E-state index contributed by atoms with van der Waals surface area (Å²) in [7, 11) is 0. The number of hydrogen-bond acceptors (Lipinski definition) is 4. The van der Waals surface area contributed by atoms with E-state index in [9.17, 15) is 9.59 Å². The van der Waals surface area contributed by atoms with Crippen molar-refractivity contribution in [3.8, 4) is 5.95 Å². The molecule has 0 radical (unpaired) electrons. The molecule has 7 heteroatoms. The number of aryl methyl sites for hydroxylation is 3. The molecule has 0 unspecified atom stereocenters. The lowest BCUT2D eigenvalue weighted by atomic mass is 9.99. The van der Waals surface area contributed by atoms with E-state index in [1.54, 1.807) is 0 Å². The minimum Gasteiger partial charge on any atom is -0.341 e. The standard InChI is InChI=1S/C20H21N5O2/c1-12-6-4-5-7-15(12)20(8-9-20)23-18(27)16-11-17(26)25(24-16)19-21-13(2)10-14(3)22-19/h4-7,10-11,24H,8-9H2,1-3H3,(H,23,27). The highest BCUT2D eigenvalue weighted by Crippen LogP contribution is 2.46. The lowest BCUT2D eigenvalue weighted by Gasteiger charge is -2.19. The summed E-state index contributed by atoms with van der Waals surface area (Å²) in [6, 6.07) is 11.1. The summed E-state index contributed by atoms with van der Waals surface area (Å²) >= 11 is 0. The average Bonchev–Trinajstić information content (AvgIpc) is 3.27. The van der Waals surface area contributed by atoms with Crippen LogP contribution in [-0.4, -0.2) is 25.7 Å². The highest BCUT2D eigenvalue weighted by Gasteiger charge is 2.46. The summed E-state index contributed by atoms with van der Waals surface area (Å²) < 4.78 is 1.20. The van der Waals surface area contributed by atoms with Gasteiger partial charge in [0.25, 0.3) is 17.4 Å². The van der Waals surface area contributed by atoms with Gasteiger partial charge in [0.15, 0.2) is 0 Å². The Morgan fingerprint density at radius 3 is 2.41 bits per heavy atom. The van der Waals surface area contributed by atoms with Crippen molar-refractivity contribution < 1.29 is 4.79 Å². The molecule has 1 fully saturated rings. The second kappa shape index (κ2) is 6.19. The number of carbonyl (C=O) groups excluding carboxylic acids is 1. The number of hydrogen-bond donors (Lipinski definition) is 2. The van der Waals surface area contributed by atoms with Crippen LogP contribution >= 0.6 is 0 Å². The maximum atomic E-state index is 12.8. The summed E-state index contributed by atoms with van der Waals surface area (Å²) in [6.07, 6.45) is 1.77. The Hall–Kier alpha value is -3.22. The molecule has 1 aliphatic rings. The summed E-state index contributed by atoms with van der Waals surface area (Å²) in [5, 5.41) is 5.93. The number of H-pyrrole nitrogens is 1. The first-order valence-electron chi connectivity index (χ1n) is 8.91. The van der Waals surface area contributed by atoms with Crippen molar-refractivity contribution in [3.05, 3.63) is 75.0 Å². The predicted molar refractivity (Wildman–Crippen MR) is 101 cm³/mol. The van der Waals surface area contributed by atoms with E-state index in [1.165, 1.54) is 10.7 Å². The van der Waals surface area contributed by atoms with Crippen LogP contribution in [-0.2, 0) is 5.54 Å². The van der Waals surface area contributed by atoms with Crippen LogP contribution in [0.5, 0.6) is 0 Å². The highest BCUT2D eigenvalue weighted by molar-refractivity contribution is 5.93. The zero-order chi connectivity index (χ0) is 19.2. The van der Waals surface area contributed by atoms with Gasteiger partial charge in [-0.05, 0) is 50.8 Å². The molecule has 1 amide bonds. The van der Waals surface area contributed by atoms with E-state index in [-0.39, 0.29) is 28.6 Å². The molecule has 0 bridgehead atoms. The van der Waals surface area contributed by atoms with Gasteiger partial charge in [-0.1, -0.05) is 24.3 Å². The first-order valence-corrected chi connectivity index (χ1v) is 8.91. The van der Waals surface area contributed by atoms with Crippen LogP contribution in [0.25, 0.3) is 5.95 Å². The van der Waals surface area contributed by atoms with Gasteiger partial charge in [-0.2, -0.15) is 4.68 Å². The van der Waals surface area contributed by atoms with Gasteiger partial charge < -0.3 is 5.32 Å². The number of nitrogens with zero attached hydrogens (tertiary/aromatic N) is 3. The number of rotatable bonds is 4. The summed E-state index contributed by atoms with van der Waals surface area (Å²) in [4.78, 5) is 33.7. The van der Waals surface area contributed by atoms with Crippen LogP contribution in [0.4, 0.5) is 0 Å². The number of carbonyl (C=O) groups is 1. The fourth-order valence-corrected chi connectivity index (χ4v) is 3.45. The van der Waals surface area contributed by atoms with Gasteiger partial charge in [0.1, 0.15) is 5.69 Å². The number of nitrogens with one attached hydrogen (secondary N) is 2. The van der Waals surface area contributed by atoms with Crippen LogP contribution in [0.1, 0.15) is 45.8 Å². The Morgan fingerprint density at radius 2 is 1.78 bits per heavy atom. The van der Waals surface area contributed by atoms with Gasteiger partial charge in [-0.3, -0.25) is 14.7 Å². The van der Waals surface area contributed by atoms with Crippen molar-refractivity contribution in [1.82, 2.24) is 25.1 Å². The van der Waals surface area contributed by atoms with Crippen LogP contribution in [0.3, 0.4) is 0 Å². The number of amides is 1. The molecule has 0 aliphatic heterocycles. The zero-order valence-electron chi connectivity index (χ0n) is 15.5. The van der Waals surface area contributed by atoms with Gasteiger partial charge in [0, 0.05) is 17.5 Å². The van der Waals surface area contributed by atoms with E-state index < -0.39 is 0 Å². The van der Waals surface area contributed by atoms with Crippen molar-refractivity contribution >= 4 is 5.91 Å². The third-order valence-corrected chi connectivity index (χ3v) is 4.90. The van der Waals surface area contributed by atoms with Crippen molar-refractivity contribution in [2.24, 2.45) is 0 Å². The van der Waals surface area contributed by atoms with Gasteiger partial charge in [-0.25, -0.2) is 9.97 Å². The second-order valence-electron chi connectivity index (χ2n) is 7.15. The molecule has 2 N–H and O–H groups in total. The molecule has 1 aromatic carbocycles. The largest absolute Gasteiger partial charge is 0.341 e. The lowest BCUT2D eigenvalue weighted by molar-refractivity contribution is 0.0925. The fourth-order valence-electron chi connectivity index (χ4n) is 3.45. The molecule has 138 valence electrons. The Balaban J connectivity index is 1.62. The molecular formula is C20H21N5O2. The molecule has 1 saturated carbocycles. The molecule has 1 aliphatic carbocycles. The number of aromatic amines is 1. The van der Waals surface area contributed by atoms with Crippen LogP contribution in [0.2, 0.25) is 0 Å². The minimum atomic E-state index is -0.370. The molecule has 2 heterocycles. The molecule has 0 spiro atoms. The molecule has 0 saturated heterocycles. The Morgan fingerprint density at radius 1 is 1.11 bits per heavy atom. The smallest absolute Gasteiger partial charge is 0.274 e. The van der Waals surface area contributed by atoms with Gasteiger partial charge in [-0.15, -0.1) is 0 Å². The Bertz CT molecular complexity index is 1070. The molecule has 3 aromatic rings. The van der Waals surface area contributed by atoms with E-state index >= 15 is 0 Å². The Kier molecular flexibility index (Phi) is 3.95. The molecule has 0 atom stereocenters. The first-order chi connectivity index (χ1) is 12.9. The van der Waals surface area contributed by atoms with E-state index in [2.05, 4.69) is 20.4 Å². The molecular weight excluding hydrogens is 342 g/mol. The first kappa shape index (κ1) is 17.2. The van der Waals surface area contributed by atoms with Crippen molar-refractivity contribution in [3.63, 3.8) is 0 Å². The van der Waals surface area contributed by atoms with Crippen LogP contribution in [0, 0.1) is 20.8 Å². The number of aromatic nitrogens is 4. The molecule has 7 nitrogen and oxygen atoms in total. The van der Waals surface area contributed by atoms with Crippen LogP contribution < -0.4 is 10.9 Å². The molecule has 2 aromatic heterocycles. The van der Waals surface area contributed by atoms with E-state index in [4.69, 9.17) is 0 Å². The van der Waals surface area contributed by atoms with Crippen molar-refractivity contribution in [1.29, 1.82) is 0 Å². The summed E-state index contributed by atoms with van der Waals surface area (Å²) in [5.41, 5.74) is 3.25. The summed E-state index contributed by atoms with van der Waals surface area (Å²) in [6.45, 7) is 5.70. The van der Waals surface area contributed by atoms with Crippen LogP contribution in [0.15, 0.2) is 41.2 Å². The summed E-state index contributed by atoms with van der Waals surface area (Å²) in [5.74, 6) is -0.0763. The quantitative estimate of drug-likeness (QED) is 0.744. The highest BCUT2D eigenvalue weighted by atomic mass is 16.2. The van der Waals surface area contributed by atoms with E-state index in [0.717, 1.165) is 35.4 Å². The minimum absolute atomic E-state index is 0.197.